The zero-order valence-corrected chi connectivity index (χ0v) is 14.4. The van der Waals surface area contributed by atoms with Gasteiger partial charge in [0.15, 0.2) is 0 Å². The lowest BCUT2D eigenvalue weighted by molar-refractivity contribution is 0.921. The van der Waals surface area contributed by atoms with Gasteiger partial charge in [0.2, 0.25) is 0 Å². The molecule has 3 rings (SSSR count). The van der Waals surface area contributed by atoms with Gasteiger partial charge >= 0.3 is 0 Å². The summed E-state index contributed by atoms with van der Waals surface area (Å²) in [5.41, 5.74) is 3.54. The zero-order valence-electron chi connectivity index (χ0n) is 14.4. The van der Waals surface area contributed by atoms with E-state index in [1.54, 1.807) is 24.8 Å². The van der Waals surface area contributed by atoms with Crippen LogP contribution in [0.1, 0.15) is 22.8 Å². The highest BCUT2D eigenvalue weighted by molar-refractivity contribution is 5.79. The highest BCUT2D eigenvalue weighted by Gasteiger charge is 1.95. The standard InChI is InChI=1S/C20H20N6/c1-3-11-23-17(5-1)9-13-21-15-19-7-8-20(26-25-19)16-22-14-10-18-6-2-4-12-24-18/h1-8,11-12,15-16H,9-10,13-14H2. The molecule has 26 heavy (non-hydrogen) atoms. The summed E-state index contributed by atoms with van der Waals surface area (Å²) in [5, 5.41) is 8.28. The molecule has 0 atom stereocenters. The molecule has 0 radical (unpaired) electrons. The number of hydrogen-bond acceptors (Lipinski definition) is 6. The van der Waals surface area contributed by atoms with Gasteiger partial charge in [-0.15, -0.1) is 10.2 Å². The molecule has 0 aliphatic carbocycles. The largest absolute Gasteiger partial charge is 0.290 e. The first kappa shape index (κ1) is 17.5. The van der Waals surface area contributed by atoms with Gasteiger partial charge in [-0.3, -0.25) is 20.0 Å². The van der Waals surface area contributed by atoms with Crippen LogP contribution < -0.4 is 0 Å². The van der Waals surface area contributed by atoms with Gasteiger partial charge in [0.05, 0.1) is 0 Å². The third kappa shape index (κ3) is 5.98. The number of rotatable bonds is 8. The van der Waals surface area contributed by atoms with Crippen LogP contribution in [0.15, 0.2) is 70.9 Å². The van der Waals surface area contributed by atoms with E-state index in [9.17, 15) is 0 Å². The van der Waals surface area contributed by atoms with E-state index in [-0.39, 0.29) is 0 Å². The van der Waals surface area contributed by atoms with Crippen molar-refractivity contribution in [1.82, 2.24) is 20.2 Å². The summed E-state index contributed by atoms with van der Waals surface area (Å²) in [6, 6.07) is 15.5. The normalized spacial score (nSPS) is 11.4. The number of aliphatic imine (C=N–C) groups is 2. The summed E-state index contributed by atoms with van der Waals surface area (Å²) < 4.78 is 0. The number of aromatic nitrogens is 4. The molecular formula is C20H20N6. The molecule has 0 fully saturated rings. The van der Waals surface area contributed by atoms with E-state index in [1.807, 2.05) is 48.5 Å². The minimum absolute atomic E-state index is 0.676. The fourth-order valence-corrected chi connectivity index (χ4v) is 2.26. The van der Waals surface area contributed by atoms with E-state index < -0.39 is 0 Å². The first-order valence-electron chi connectivity index (χ1n) is 8.53. The molecule has 0 unspecified atom stereocenters. The fourth-order valence-electron chi connectivity index (χ4n) is 2.26. The molecule has 0 bridgehead atoms. The SMILES string of the molecule is C(=NCCc1ccccn1)c1ccc(C=NCCc2ccccn2)nn1. The smallest absolute Gasteiger partial charge is 0.104 e. The molecule has 6 heteroatoms. The van der Waals surface area contributed by atoms with Crippen molar-refractivity contribution >= 4 is 12.4 Å². The van der Waals surface area contributed by atoms with Crippen LogP contribution in [-0.4, -0.2) is 45.7 Å². The van der Waals surface area contributed by atoms with Crippen molar-refractivity contribution in [3.05, 3.63) is 83.7 Å². The Hall–Kier alpha value is -3.28. The first-order chi connectivity index (χ1) is 12.9. The van der Waals surface area contributed by atoms with Crippen LogP contribution in [-0.2, 0) is 12.8 Å². The average Bonchev–Trinajstić information content (AvgIpc) is 2.71. The summed E-state index contributed by atoms with van der Waals surface area (Å²) in [7, 11) is 0. The summed E-state index contributed by atoms with van der Waals surface area (Å²) in [6.45, 7) is 1.35. The lowest BCUT2D eigenvalue weighted by atomic mass is 10.3. The van der Waals surface area contributed by atoms with Crippen LogP contribution in [0.4, 0.5) is 0 Å². The molecule has 0 N–H and O–H groups in total. The van der Waals surface area contributed by atoms with Crippen molar-refractivity contribution in [3.8, 4) is 0 Å². The van der Waals surface area contributed by atoms with Crippen molar-refractivity contribution in [2.24, 2.45) is 9.98 Å². The molecular weight excluding hydrogens is 324 g/mol. The molecule has 0 saturated heterocycles. The highest BCUT2D eigenvalue weighted by Crippen LogP contribution is 1.97. The van der Waals surface area contributed by atoms with Crippen LogP contribution in [0.25, 0.3) is 0 Å². The van der Waals surface area contributed by atoms with Gasteiger partial charge in [0.25, 0.3) is 0 Å². The molecule has 0 aliphatic heterocycles. The first-order valence-corrected chi connectivity index (χ1v) is 8.53. The quantitative estimate of drug-likeness (QED) is 0.589. The van der Waals surface area contributed by atoms with Gasteiger partial charge in [-0.1, -0.05) is 12.1 Å². The predicted molar refractivity (Wildman–Crippen MR) is 103 cm³/mol. The Labute approximate surface area is 152 Å². The minimum Gasteiger partial charge on any atom is -0.290 e. The molecule has 0 amide bonds. The Bertz CT molecular complexity index is 757. The monoisotopic (exact) mass is 344 g/mol. The Kier molecular flexibility index (Phi) is 6.67. The Morgan fingerprint density at radius 1 is 0.654 bits per heavy atom. The molecule has 3 heterocycles. The van der Waals surface area contributed by atoms with Crippen LogP contribution in [0.5, 0.6) is 0 Å². The van der Waals surface area contributed by atoms with Gasteiger partial charge in [-0.05, 0) is 36.4 Å². The van der Waals surface area contributed by atoms with Gasteiger partial charge < -0.3 is 0 Å². The maximum atomic E-state index is 4.37. The van der Waals surface area contributed by atoms with E-state index in [0.29, 0.717) is 13.1 Å². The van der Waals surface area contributed by atoms with E-state index in [1.165, 1.54) is 0 Å². The van der Waals surface area contributed by atoms with E-state index in [4.69, 9.17) is 0 Å². The van der Waals surface area contributed by atoms with Crippen molar-refractivity contribution in [2.45, 2.75) is 12.8 Å². The number of hydrogen-bond donors (Lipinski definition) is 0. The molecule has 6 nitrogen and oxygen atoms in total. The second-order valence-electron chi connectivity index (χ2n) is 5.60. The Morgan fingerprint density at radius 2 is 1.15 bits per heavy atom. The van der Waals surface area contributed by atoms with Gasteiger partial charge in [-0.25, -0.2) is 0 Å². The molecule has 0 spiro atoms. The van der Waals surface area contributed by atoms with Crippen LogP contribution in [0, 0.1) is 0 Å². The van der Waals surface area contributed by atoms with Crippen LogP contribution in [0.3, 0.4) is 0 Å². The third-order valence-corrected chi connectivity index (χ3v) is 3.60. The van der Waals surface area contributed by atoms with Crippen molar-refractivity contribution < 1.29 is 0 Å². The maximum Gasteiger partial charge on any atom is 0.104 e. The maximum absolute atomic E-state index is 4.37. The van der Waals surface area contributed by atoms with E-state index >= 15 is 0 Å². The van der Waals surface area contributed by atoms with E-state index in [2.05, 4.69) is 30.2 Å². The van der Waals surface area contributed by atoms with Crippen molar-refractivity contribution in [3.63, 3.8) is 0 Å². The third-order valence-electron chi connectivity index (χ3n) is 3.60. The van der Waals surface area contributed by atoms with Crippen molar-refractivity contribution in [2.75, 3.05) is 13.1 Å². The number of nitrogens with zero attached hydrogens (tertiary/aromatic N) is 6. The topological polar surface area (TPSA) is 76.3 Å². The Morgan fingerprint density at radius 3 is 1.54 bits per heavy atom. The second-order valence-corrected chi connectivity index (χ2v) is 5.60. The molecule has 130 valence electrons. The zero-order chi connectivity index (χ0) is 17.9. The van der Waals surface area contributed by atoms with Gasteiger partial charge in [0, 0.05) is 62.1 Å². The van der Waals surface area contributed by atoms with Gasteiger partial charge in [-0.2, -0.15) is 0 Å². The summed E-state index contributed by atoms with van der Waals surface area (Å²) in [4.78, 5) is 17.3. The molecule has 3 aromatic heterocycles. The molecule has 0 saturated carbocycles. The molecule has 3 aromatic rings. The lowest BCUT2D eigenvalue weighted by Gasteiger charge is -1.97. The summed E-state index contributed by atoms with van der Waals surface area (Å²) in [6.07, 6.45) is 8.68. The summed E-state index contributed by atoms with van der Waals surface area (Å²) in [5.74, 6) is 0. The highest BCUT2D eigenvalue weighted by atomic mass is 15.1. The minimum atomic E-state index is 0.676. The average molecular weight is 344 g/mol. The Balaban J connectivity index is 1.42. The van der Waals surface area contributed by atoms with Gasteiger partial charge in [0.1, 0.15) is 11.4 Å². The molecule has 0 aliphatic rings. The van der Waals surface area contributed by atoms with Crippen molar-refractivity contribution in [1.29, 1.82) is 0 Å². The second kappa shape index (κ2) is 9.88. The van der Waals surface area contributed by atoms with Crippen LogP contribution in [0.2, 0.25) is 0 Å². The molecule has 0 aromatic carbocycles. The summed E-state index contributed by atoms with van der Waals surface area (Å²) >= 11 is 0. The number of pyridine rings is 2. The predicted octanol–water partition coefficient (Wildman–Crippen LogP) is 2.59. The lowest BCUT2D eigenvalue weighted by Crippen LogP contribution is -1.98. The van der Waals surface area contributed by atoms with Crippen LogP contribution >= 0.6 is 0 Å². The fraction of sp³-hybridized carbons (Fsp3) is 0.200. The van der Waals surface area contributed by atoms with E-state index in [0.717, 1.165) is 35.6 Å².